The SMILES string of the molecule is C=C(c1csc(CN(Cc2ccc(OCc3ccccc3)cc2)Cc2ccc3c(c2)OCO3)n1)N1CCc2ccccc2C1. The van der Waals surface area contributed by atoms with Gasteiger partial charge in [-0.1, -0.05) is 79.4 Å². The van der Waals surface area contributed by atoms with Gasteiger partial charge in [-0.05, 0) is 58.5 Å². The van der Waals surface area contributed by atoms with Crippen molar-refractivity contribution in [3.63, 3.8) is 0 Å². The van der Waals surface area contributed by atoms with Crippen LogP contribution in [0, 0.1) is 0 Å². The van der Waals surface area contributed by atoms with Gasteiger partial charge in [0.2, 0.25) is 6.79 Å². The molecule has 2 aliphatic heterocycles. The Balaban J connectivity index is 1.04. The first kappa shape index (κ1) is 28.2. The molecule has 6 nitrogen and oxygen atoms in total. The van der Waals surface area contributed by atoms with Crippen molar-refractivity contribution >= 4 is 17.0 Å². The Kier molecular flexibility index (Phi) is 8.30. The second-order valence-corrected chi connectivity index (χ2v) is 12.2. The first-order chi connectivity index (χ1) is 21.7. The Morgan fingerprint density at radius 3 is 2.43 bits per heavy atom. The zero-order valence-electron chi connectivity index (χ0n) is 24.7. The molecule has 0 fully saturated rings. The molecule has 2 aliphatic rings. The topological polar surface area (TPSA) is 47.1 Å². The fraction of sp³-hybridized carbons (Fsp3) is 0.216. The molecule has 44 heavy (non-hydrogen) atoms. The lowest BCUT2D eigenvalue weighted by atomic mass is 9.99. The molecular weight excluding hydrogens is 566 g/mol. The highest BCUT2D eigenvalue weighted by Crippen LogP contribution is 2.33. The standard InChI is InChI=1S/C37H35N3O3S/c1-27(40-18-17-31-9-5-6-10-32(31)22-40)34-25-44-37(38-34)23-39(21-30-13-16-35-36(19-30)43-26-42-35)20-28-11-14-33(15-12-28)41-24-29-7-3-2-4-8-29/h2-16,19,25H,1,17-18,20-24,26H2. The lowest BCUT2D eigenvalue weighted by molar-refractivity contribution is 0.174. The van der Waals surface area contributed by atoms with Crippen LogP contribution in [0.4, 0.5) is 0 Å². The Morgan fingerprint density at radius 2 is 1.57 bits per heavy atom. The number of hydrogen-bond donors (Lipinski definition) is 0. The normalized spacial score (nSPS) is 13.6. The largest absolute Gasteiger partial charge is 0.489 e. The summed E-state index contributed by atoms with van der Waals surface area (Å²) in [5.41, 5.74) is 8.31. The maximum absolute atomic E-state index is 6.02. The van der Waals surface area contributed by atoms with Crippen LogP contribution in [-0.2, 0) is 39.2 Å². The molecule has 0 unspecified atom stereocenters. The highest BCUT2D eigenvalue weighted by atomic mass is 32.1. The maximum atomic E-state index is 6.02. The van der Waals surface area contributed by atoms with E-state index in [4.69, 9.17) is 19.2 Å². The molecule has 0 amide bonds. The van der Waals surface area contributed by atoms with Crippen LogP contribution < -0.4 is 14.2 Å². The van der Waals surface area contributed by atoms with Crippen molar-refractivity contribution in [1.29, 1.82) is 0 Å². The summed E-state index contributed by atoms with van der Waals surface area (Å²) in [5, 5.41) is 3.22. The molecular formula is C37H35N3O3S. The summed E-state index contributed by atoms with van der Waals surface area (Å²) in [6, 6.07) is 33.5. The second-order valence-electron chi connectivity index (χ2n) is 11.3. The first-order valence-electron chi connectivity index (χ1n) is 15.0. The van der Waals surface area contributed by atoms with Crippen molar-refractivity contribution in [3.05, 3.63) is 148 Å². The van der Waals surface area contributed by atoms with E-state index in [1.807, 2.05) is 24.3 Å². The summed E-state index contributed by atoms with van der Waals surface area (Å²) in [6.45, 7) is 9.36. The van der Waals surface area contributed by atoms with E-state index in [-0.39, 0.29) is 6.79 Å². The van der Waals surface area contributed by atoms with Crippen molar-refractivity contribution in [2.24, 2.45) is 0 Å². The van der Waals surface area contributed by atoms with Crippen LogP contribution in [-0.4, -0.2) is 28.1 Å². The van der Waals surface area contributed by atoms with Crippen LogP contribution in [0.15, 0.2) is 109 Å². The van der Waals surface area contributed by atoms with E-state index in [9.17, 15) is 0 Å². The van der Waals surface area contributed by atoms with E-state index < -0.39 is 0 Å². The third-order valence-electron chi connectivity index (χ3n) is 8.14. The van der Waals surface area contributed by atoms with Crippen molar-refractivity contribution in [2.75, 3.05) is 13.3 Å². The molecule has 222 valence electrons. The molecule has 0 saturated carbocycles. The number of aromatic nitrogens is 1. The minimum Gasteiger partial charge on any atom is -0.489 e. The molecule has 0 bridgehead atoms. The average Bonchev–Trinajstić information content (AvgIpc) is 3.74. The molecule has 0 radical (unpaired) electrons. The minimum atomic E-state index is 0.273. The van der Waals surface area contributed by atoms with Crippen LogP contribution in [0.1, 0.15) is 38.5 Å². The molecule has 0 aliphatic carbocycles. The summed E-state index contributed by atoms with van der Waals surface area (Å²) in [6.07, 6.45) is 1.03. The van der Waals surface area contributed by atoms with Crippen molar-refractivity contribution in [1.82, 2.24) is 14.8 Å². The smallest absolute Gasteiger partial charge is 0.231 e. The van der Waals surface area contributed by atoms with Crippen molar-refractivity contribution in [2.45, 2.75) is 39.2 Å². The van der Waals surface area contributed by atoms with E-state index in [1.165, 1.54) is 22.3 Å². The minimum absolute atomic E-state index is 0.273. The molecule has 0 saturated heterocycles. The number of hydrogen-bond acceptors (Lipinski definition) is 7. The molecule has 7 heteroatoms. The van der Waals surface area contributed by atoms with Gasteiger partial charge in [-0.2, -0.15) is 0 Å². The van der Waals surface area contributed by atoms with Gasteiger partial charge in [0.15, 0.2) is 11.5 Å². The Labute approximate surface area is 262 Å². The van der Waals surface area contributed by atoms with Gasteiger partial charge >= 0.3 is 0 Å². The quantitative estimate of drug-likeness (QED) is 0.155. The van der Waals surface area contributed by atoms with Crippen molar-refractivity contribution in [3.8, 4) is 17.2 Å². The van der Waals surface area contributed by atoms with Crippen LogP contribution in [0.3, 0.4) is 0 Å². The van der Waals surface area contributed by atoms with Gasteiger partial charge in [0, 0.05) is 31.6 Å². The number of nitrogens with zero attached hydrogens (tertiary/aromatic N) is 3. The van der Waals surface area contributed by atoms with Crippen molar-refractivity contribution < 1.29 is 14.2 Å². The summed E-state index contributed by atoms with van der Waals surface area (Å²) in [5.74, 6) is 2.47. The Hall–Kier alpha value is -4.59. The molecule has 0 spiro atoms. The van der Waals surface area contributed by atoms with Gasteiger partial charge in [0.1, 0.15) is 17.4 Å². The van der Waals surface area contributed by atoms with Crippen LogP contribution in [0.2, 0.25) is 0 Å². The molecule has 5 aromatic rings. The van der Waals surface area contributed by atoms with E-state index in [1.54, 1.807) is 11.3 Å². The Morgan fingerprint density at radius 1 is 0.818 bits per heavy atom. The Bertz CT molecular complexity index is 1730. The maximum Gasteiger partial charge on any atom is 0.231 e. The zero-order chi connectivity index (χ0) is 29.7. The van der Waals surface area contributed by atoms with Gasteiger partial charge in [-0.25, -0.2) is 4.98 Å². The third-order valence-corrected chi connectivity index (χ3v) is 8.97. The second kappa shape index (κ2) is 13.0. The van der Waals surface area contributed by atoms with E-state index in [0.717, 1.165) is 78.4 Å². The van der Waals surface area contributed by atoms with E-state index >= 15 is 0 Å². The summed E-state index contributed by atoms with van der Waals surface area (Å²) < 4.78 is 17.2. The predicted octanol–water partition coefficient (Wildman–Crippen LogP) is 7.68. The summed E-state index contributed by atoms with van der Waals surface area (Å²) in [7, 11) is 0. The van der Waals surface area contributed by atoms with Gasteiger partial charge in [0.05, 0.1) is 17.9 Å². The molecule has 7 rings (SSSR count). The molecule has 4 aromatic carbocycles. The molecule has 0 atom stereocenters. The molecule has 0 N–H and O–H groups in total. The first-order valence-corrected chi connectivity index (χ1v) is 15.9. The van der Waals surface area contributed by atoms with E-state index in [0.29, 0.717) is 6.61 Å². The fourth-order valence-electron chi connectivity index (χ4n) is 5.75. The average molecular weight is 602 g/mol. The van der Waals surface area contributed by atoms with E-state index in [2.05, 4.69) is 94.6 Å². The number of thiazole rings is 1. The van der Waals surface area contributed by atoms with Gasteiger partial charge in [-0.3, -0.25) is 4.90 Å². The van der Waals surface area contributed by atoms with Crippen LogP contribution in [0.5, 0.6) is 17.2 Å². The fourth-order valence-corrected chi connectivity index (χ4v) is 6.60. The summed E-state index contributed by atoms with van der Waals surface area (Å²) in [4.78, 5) is 9.83. The van der Waals surface area contributed by atoms with Gasteiger partial charge in [-0.15, -0.1) is 11.3 Å². The zero-order valence-corrected chi connectivity index (χ0v) is 25.5. The monoisotopic (exact) mass is 601 g/mol. The third kappa shape index (κ3) is 6.64. The number of fused-ring (bicyclic) bond motifs is 2. The number of ether oxygens (including phenoxy) is 3. The summed E-state index contributed by atoms with van der Waals surface area (Å²) >= 11 is 1.70. The number of benzene rings is 4. The molecule has 1 aromatic heterocycles. The predicted molar refractivity (Wildman–Crippen MR) is 174 cm³/mol. The lowest BCUT2D eigenvalue weighted by Crippen LogP contribution is -2.29. The molecule has 3 heterocycles. The van der Waals surface area contributed by atoms with Crippen LogP contribution >= 0.6 is 11.3 Å². The van der Waals surface area contributed by atoms with Gasteiger partial charge in [0.25, 0.3) is 0 Å². The highest BCUT2D eigenvalue weighted by molar-refractivity contribution is 7.09. The number of rotatable bonds is 11. The van der Waals surface area contributed by atoms with Gasteiger partial charge < -0.3 is 19.1 Å². The lowest BCUT2D eigenvalue weighted by Gasteiger charge is -2.31. The highest BCUT2D eigenvalue weighted by Gasteiger charge is 2.21. The van der Waals surface area contributed by atoms with Crippen LogP contribution in [0.25, 0.3) is 5.70 Å².